The number of hydrogen-bond donors (Lipinski definition) is 1. The van der Waals surface area contributed by atoms with Crippen molar-refractivity contribution in [2.45, 2.75) is 64.7 Å². The number of ether oxygens (including phenoxy) is 2. The van der Waals surface area contributed by atoms with Crippen LogP contribution in [0.15, 0.2) is 22.7 Å². The van der Waals surface area contributed by atoms with Gasteiger partial charge in [-0.3, -0.25) is 9.59 Å². The average molecular weight is 345 g/mol. The van der Waals surface area contributed by atoms with Gasteiger partial charge in [-0.2, -0.15) is 0 Å². The van der Waals surface area contributed by atoms with E-state index in [2.05, 4.69) is 0 Å². The molecular weight excluding hydrogens is 308 g/mol. The molecule has 0 aromatic carbocycles. The molecule has 0 aliphatic heterocycles. The first-order valence-corrected chi connectivity index (χ1v) is 8.07. The van der Waals surface area contributed by atoms with Crippen LogP contribution in [0.25, 0.3) is 0 Å². The second-order valence-electron chi connectivity index (χ2n) is 5.58. The molecule has 0 heterocycles. The number of aliphatic hydroxyl groups is 1. The van der Waals surface area contributed by atoms with E-state index in [0.29, 0.717) is 25.7 Å². The van der Waals surface area contributed by atoms with Gasteiger partial charge in [0.05, 0.1) is 21.0 Å². The zero-order chi connectivity index (χ0) is 24.0. The number of ketones is 2. The van der Waals surface area contributed by atoms with Crippen molar-refractivity contribution in [2.24, 2.45) is 0 Å². The quantitative estimate of drug-likeness (QED) is 0.433. The van der Waals surface area contributed by atoms with Crippen LogP contribution < -0.4 is 0 Å². The molecule has 0 radical (unpaired) electrons. The van der Waals surface area contributed by atoms with Crippen molar-refractivity contribution in [3.8, 4) is 0 Å². The fourth-order valence-electron chi connectivity index (χ4n) is 2.63. The third-order valence-corrected chi connectivity index (χ3v) is 3.98. The zero-order valence-electron chi connectivity index (χ0n) is 21.2. The van der Waals surface area contributed by atoms with E-state index < -0.39 is 49.5 Å². The van der Waals surface area contributed by atoms with Crippen molar-refractivity contribution >= 4 is 11.6 Å². The first kappa shape index (κ1) is 11.9. The maximum atomic E-state index is 12.7. The number of rotatable bonds is 12. The summed E-state index contributed by atoms with van der Waals surface area (Å²) in [5, 5.41) is 9.11. The van der Waals surface area contributed by atoms with Crippen molar-refractivity contribution in [1.82, 2.24) is 0 Å². The Kier molecular flexibility index (Phi) is 5.44. The SMILES string of the molecule is [2H]C([2H])(O)CC([2H])([2H])CCCCCCCC1=C(C)C(=O)C(OC)=C(OC([2H])([2H])[2H])C1=O. The van der Waals surface area contributed by atoms with Gasteiger partial charge in [0.1, 0.15) is 0 Å². The molecule has 0 fully saturated rings. The monoisotopic (exact) mass is 345 g/mol. The molecule has 0 saturated carbocycles. The predicted octanol–water partition coefficient (Wildman–Crippen LogP) is 3.46. The fraction of sp³-hybridized carbons (Fsp3) is 0.684. The van der Waals surface area contributed by atoms with Crippen molar-refractivity contribution in [1.29, 1.82) is 0 Å². The van der Waals surface area contributed by atoms with Gasteiger partial charge in [0.25, 0.3) is 0 Å². The topological polar surface area (TPSA) is 72.8 Å². The fourth-order valence-corrected chi connectivity index (χ4v) is 2.63. The summed E-state index contributed by atoms with van der Waals surface area (Å²) < 4.78 is 60.9. The first-order chi connectivity index (χ1) is 14.1. The summed E-state index contributed by atoms with van der Waals surface area (Å²) in [5.74, 6) is -2.26. The van der Waals surface area contributed by atoms with Crippen LogP contribution in [0.5, 0.6) is 0 Å². The molecule has 24 heavy (non-hydrogen) atoms. The lowest BCUT2D eigenvalue weighted by Gasteiger charge is -2.20. The molecule has 5 nitrogen and oxygen atoms in total. The number of unbranched alkanes of at least 4 members (excludes halogenated alkanes) is 4. The number of methoxy groups -OCH3 is 2. The second-order valence-corrected chi connectivity index (χ2v) is 5.58. The van der Waals surface area contributed by atoms with Gasteiger partial charge in [-0.1, -0.05) is 38.5 Å². The van der Waals surface area contributed by atoms with Gasteiger partial charge >= 0.3 is 0 Å². The van der Waals surface area contributed by atoms with Crippen LogP contribution in [-0.4, -0.2) is 37.4 Å². The third kappa shape index (κ3) is 5.48. The van der Waals surface area contributed by atoms with E-state index in [1.807, 2.05) is 0 Å². The standard InChI is InChI=1S/C19H30O5/c1-14-15(12-10-8-6-4-5-7-9-11-13-20)17(22)19(24-3)18(23-2)16(14)21/h20H,4-13H2,1-3H3/i3D3,9D2,13D2. The second kappa shape index (κ2) is 11.0. The van der Waals surface area contributed by atoms with Crippen LogP contribution in [-0.2, 0) is 19.1 Å². The number of carbonyl (C=O) groups excluding carboxylic acids is 2. The summed E-state index contributed by atoms with van der Waals surface area (Å²) >= 11 is 0. The molecule has 0 amide bonds. The zero-order valence-corrected chi connectivity index (χ0v) is 14.2. The summed E-state index contributed by atoms with van der Waals surface area (Å²) in [6.07, 6.45) is 1.27. The van der Waals surface area contributed by atoms with Crippen LogP contribution in [0.2, 0.25) is 0 Å². The lowest BCUT2D eigenvalue weighted by Crippen LogP contribution is -2.25. The van der Waals surface area contributed by atoms with E-state index in [4.69, 9.17) is 24.2 Å². The molecule has 0 aromatic rings. The smallest absolute Gasteiger partial charge is 0.228 e. The van der Waals surface area contributed by atoms with E-state index in [0.717, 1.165) is 6.42 Å². The van der Waals surface area contributed by atoms with E-state index in [1.54, 1.807) is 0 Å². The molecule has 0 spiro atoms. The van der Waals surface area contributed by atoms with E-state index >= 15 is 0 Å². The molecule has 0 saturated heterocycles. The van der Waals surface area contributed by atoms with Gasteiger partial charge in [0, 0.05) is 20.4 Å². The Morgan fingerprint density at radius 3 is 2.21 bits per heavy atom. The summed E-state index contributed by atoms with van der Waals surface area (Å²) in [5.41, 5.74) is 0.401. The van der Waals surface area contributed by atoms with Crippen molar-refractivity contribution < 1.29 is 33.8 Å². The summed E-state index contributed by atoms with van der Waals surface area (Å²) in [7, 11) is -1.73. The Morgan fingerprint density at radius 1 is 0.958 bits per heavy atom. The Balaban J connectivity index is 2.56. The highest BCUT2D eigenvalue weighted by Crippen LogP contribution is 2.28. The van der Waals surface area contributed by atoms with Gasteiger partial charge in [-0.15, -0.1) is 0 Å². The Hall–Kier alpha value is -1.62. The maximum Gasteiger partial charge on any atom is 0.228 e. The summed E-state index contributed by atoms with van der Waals surface area (Å²) in [6, 6.07) is 0. The highest BCUT2D eigenvalue weighted by Gasteiger charge is 2.34. The molecule has 1 N–H and O–H groups in total. The first-order valence-electron chi connectivity index (χ1n) is 11.6. The van der Waals surface area contributed by atoms with Gasteiger partial charge in [-0.25, -0.2) is 0 Å². The minimum atomic E-state index is -2.90. The Morgan fingerprint density at radius 2 is 1.58 bits per heavy atom. The van der Waals surface area contributed by atoms with Crippen LogP contribution >= 0.6 is 0 Å². The molecule has 1 aliphatic carbocycles. The third-order valence-electron chi connectivity index (χ3n) is 3.98. The molecular formula is C19H30O5. The van der Waals surface area contributed by atoms with Crippen LogP contribution in [0.1, 0.15) is 74.3 Å². The Bertz CT molecular complexity index is 733. The van der Waals surface area contributed by atoms with Gasteiger partial charge in [0.15, 0.2) is 0 Å². The highest BCUT2D eigenvalue weighted by atomic mass is 16.5. The van der Waals surface area contributed by atoms with Gasteiger partial charge in [0.2, 0.25) is 23.1 Å². The number of hydrogen-bond acceptors (Lipinski definition) is 5. The minimum absolute atomic E-state index is 0.130. The number of carbonyl (C=O) groups is 2. The molecule has 0 aromatic heterocycles. The van der Waals surface area contributed by atoms with Crippen molar-refractivity contribution in [2.75, 3.05) is 20.7 Å². The normalized spacial score (nSPS) is 21.4. The summed E-state index contributed by atoms with van der Waals surface area (Å²) in [4.78, 5) is 25.1. The van der Waals surface area contributed by atoms with Gasteiger partial charge < -0.3 is 14.6 Å². The molecule has 5 heteroatoms. The van der Waals surface area contributed by atoms with Crippen molar-refractivity contribution in [3.05, 3.63) is 22.7 Å². The number of Topliss-reactive ketones (excluding diaryl/α,β-unsaturated/α-hetero) is 2. The van der Waals surface area contributed by atoms with Crippen LogP contribution in [0.4, 0.5) is 0 Å². The lowest BCUT2D eigenvalue weighted by molar-refractivity contribution is -0.121. The van der Waals surface area contributed by atoms with Crippen LogP contribution in [0.3, 0.4) is 0 Å². The van der Waals surface area contributed by atoms with E-state index in [1.165, 1.54) is 14.0 Å². The Labute approximate surface area is 154 Å². The maximum absolute atomic E-state index is 12.7. The number of allylic oxidation sites excluding steroid dienone is 2. The molecule has 0 bridgehead atoms. The lowest BCUT2D eigenvalue weighted by atomic mass is 9.89. The minimum Gasteiger partial charge on any atom is -0.489 e. The molecule has 1 aliphatic rings. The largest absolute Gasteiger partial charge is 0.489 e. The molecule has 1 rings (SSSR count). The average Bonchev–Trinajstić information content (AvgIpc) is 2.58. The molecule has 0 atom stereocenters. The highest BCUT2D eigenvalue weighted by molar-refractivity contribution is 6.23. The molecule has 0 unspecified atom stereocenters. The van der Waals surface area contributed by atoms with Crippen LogP contribution in [0, 0.1) is 0 Å². The van der Waals surface area contributed by atoms with E-state index in [-0.39, 0.29) is 24.0 Å². The summed E-state index contributed by atoms with van der Waals surface area (Å²) in [6.45, 7) is -1.05. The van der Waals surface area contributed by atoms with E-state index in [9.17, 15) is 9.59 Å². The predicted molar refractivity (Wildman–Crippen MR) is 92.4 cm³/mol. The van der Waals surface area contributed by atoms with Crippen molar-refractivity contribution in [3.63, 3.8) is 0 Å². The molecule has 136 valence electrons. The van der Waals surface area contributed by atoms with Gasteiger partial charge in [-0.05, 0) is 26.2 Å².